The maximum Gasteiger partial charge on any atom is 0.147 e. The van der Waals surface area contributed by atoms with E-state index in [1.165, 1.54) is 12.8 Å². The van der Waals surface area contributed by atoms with Crippen molar-refractivity contribution in [1.29, 1.82) is 0 Å². The topological polar surface area (TPSA) is 49.2 Å². The molecular formula is C11H17N3O. The third-order valence-corrected chi connectivity index (χ3v) is 3.00. The minimum Gasteiger partial charge on any atom is -0.390 e. The molecule has 15 heavy (non-hydrogen) atoms. The smallest absolute Gasteiger partial charge is 0.147 e. The fourth-order valence-electron chi connectivity index (χ4n) is 2.14. The highest BCUT2D eigenvalue weighted by atomic mass is 16.3. The van der Waals surface area contributed by atoms with Gasteiger partial charge in [-0.1, -0.05) is 6.92 Å². The Hall–Kier alpha value is -1.16. The van der Waals surface area contributed by atoms with Gasteiger partial charge in [-0.15, -0.1) is 0 Å². The number of anilines is 1. The number of nitrogens with zero attached hydrogens (tertiary/aromatic N) is 3. The molecule has 1 saturated heterocycles. The Morgan fingerprint density at radius 3 is 2.93 bits per heavy atom. The molecule has 1 unspecified atom stereocenters. The van der Waals surface area contributed by atoms with Gasteiger partial charge in [0.25, 0.3) is 0 Å². The molecule has 0 saturated carbocycles. The Labute approximate surface area is 90.0 Å². The third-order valence-electron chi connectivity index (χ3n) is 3.00. The SMILES string of the molecule is CCC1CCCN1c1cnc(CO)cn1. The molecule has 0 aromatic carbocycles. The minimum absolute atomic E-state index is 0.0372. The van der Waals surface area contributed by atoms with Crippen LogP contribution in [0.25, 0.3) is 0 Å². The molecule has 0 radical (unpaired) electrons. The van der Waals surface area contributed by atoms with Gasteiger partial charge in [0.05, 0.1) is 24.7 Å². The molecule has 0 spiro atoms. The first-order valence-electron chi connectivity index (χ1n) is 5.53. The molecule has 1 aromatic rings. The van der Waals surface area contributed by atoms with Crippen LogP contribution in [-0.2, 0) is 6.61 Å². The third kappa shape index (κ3) is 2.09. The number of rotatable bonds is 3. The molecule has 82 valence electrons. The highest BCUT2D eigenvalue weighted by molar-refractivity contribution is 5.38. The Morgan fingerprint density at radius 1 is 1.47 bits per heavy atom. The number of hydrogen-bond acceptors (Lipinski definition) is 4. The summed E-state index contributed by atoms with van der Waals surface area (Å²) in [6.45, 7) is 3.24. The lowest BCUT2D eigenvalue weighted by molar-refractivity contribution is 0.276. The van der Waals surface area contributed by atoms with E-state index in [2.05, 4.69) is 21.8 Å². The van der Waals surface area contributed by atoms with Crippen LogP contribution < -0.4 is 4.90 Å². The predicted molar refractivity (Wildman–Crippen MR) is 58.6 cm³/mol. The van der Waals surface area contributed by atoms with Crippen molar-refractivity contribution in [3.05, 3.63) is 18.1 Å². The second-order valence-corrected chi connectivity index (χ2v) is 3.92. The fourth-order valence-corrected chi connectivity index (χ4v) is 2.14. The summed E-state index contributed by atoms with van der Waals surface area (Å²) in [5, 5.41) is 8.88. The average Bonchev–Trinajstić information content (AvgIpc) is 2.77. The molecule has 1 aliphatic rings. The van der Waals surface area contributed by atoms with E-state index in [0.29, 0.717) is 11.7 Å². The van der Waals surface area contributed by atoms with E-state index < -0.39 is 0 Å². The summed E-state index contributed by atoms with van der Waals surface area (Å²) in [5.74, 6) is 0.941. The molecule has 4 nitrogen and oxygen atoms in total. The molecule has 1 aromatic heterocycles. The fraction of sp³-hybridized carbons (Fsp3) is 0.636. The van der Waals surface area contributed by atoms with E-state index in [1.807, 2.05) is 0 Å². The lowest BCUT2D eigenvalue weighted by Crippen LogP contribution is -2.29. The van der Waals surface area contributed by atoms with Crippen LogP contribution in [0.4, 0.5) is 5.82 Å². The van der Waals surface area contributed by atoms with Crippen LogP contribution in [0, 0.1) is 0 Å². The van der Waals surface area contributed by atoms with Crippen LogP contribution in [-0.4, -0.2) is 27.7 Å². The first-order chi connectivity index (χ1) is 7.35. The lowest BCUT2D eigenvalue weighted by Gasteiger charge is -2.24. The summed E-state index contributed by atoms with van der Waals surface area (Å²) in [4.78, 5) is 10.8. The normalized spacial score (nSPS) is 20.9. The first kappa shape index (κ1) is 10.4. The predicted octanol–water partition coefficient (Wildman–Crippen LogP) is 1.35. The largest absolute Gasteiger partial charge is 0.390 e. The van der Waals surface area contributed by atoms with E-state index in [-0.39, 0.29) is 6.61 Å². The quantitative estimate of drug-likeness (QED) is 0.812. The average molecular weight is 207 g/mol. The van der Waals surface area contributed by atoms with Crippen LogP contribution in [0.5, 0.6) is 0 Å². The van der Waals surface area contributed by atoms with Crippen LogP contribution >= 0.6 is 0 Å². The molecule has 0 bridgehead atoms. The second-order valence-electron chi connectivity index (χ2n) is 3.92. The zero-order valence-corrected chi connectivity index (χ0v) is 9.06. The van der Waals surface area contributed by atoms with Crippen molar-refractivity contribution in [2.45, 2.75) is 38.8 Å². The van der Waals surface area contributed by atoms with Crippen LogP contribution in [0.1, 0.15) is 31.9 Å². The van der Waals surface area contributed by atoms with Crippen molar-refractivity contribution in [2.75, 3.05) is 11.4 Å². The van der Waals surface area contributed by atoms with E-state index in [4.69, 9.17) is 5.11 Å². The summed E-state index contributed by atoms with van der Waals surface area (Å²) < 4.78 is 0. The van der Waals surface area contributed by atoms with E-state index >= 15 is 0 Å². The van der Waals surface area contributed by atoms with Crippen LogP contribution in [0.2, 0.25) is 0 Å². The van der Waals surface area contributed by atoms with E-state index in [1.54, 1.807) is 12.4 Å². The minimum atomic E-state index is -0.0372. The maximum atomic E-state index is 8.88. The monoisotopic (exact) mass is 207 g/mol. The van der Waals surface area contributed by atoms with Gasteiger partial charge in [-0.05, 0) is 19.3 Å². The van der Waals surface area contributed by atoms with Crippen molar-refractivity contribution in [2.24, 2.45) is 0 Å². The van der Waals surface area contributed by atoms with Gasteiger partial charge in [0, 0.05) is 12.6 Å². The van der Waals surface area contributed by atoms with Gasteiger partial charge in [0.2, 0.25) is 0 Å². The summed E-state index contributed by atoms with van der Waals surface area (Å²) >= 11 is 0. The van der Waals surface area contributed by atoms with Gasteiger partial charge in [-0.25, -0.2) is 4.98 Å². The number of aliphatic hydroxyl groups is 1. The zero-order valence-electron chi connectivity index (χ0n) is 9.06. The standard InChI is InChI=1S/C11H17N3O/c1-2-10-4-3-5-14(10)11-7-12-9(8-15)6-13-11/h6-7,10,15H,2-5,8H2,1H3. The van der Waals surface area contributed by atoms with Gasteiger partial charge in [0.15, 0.2) is 0 Å². The van der Waals surface area contributed by atoms with Crippen molar-refractivity contribution in [3.63, 3.8) is 0 Å². The van der Waals surface area contributed by atoms with E-state index in [0.717, 1.165) is 18.8 Å². The second kappa shape index (κ2) is 4.57. The summed E-state index contributed by atoms with van der Waals surface area (Å²) in [6.07, 6.45) is 7.06. The molecule has 0 aliphatic carbocycles. The molecule has 2 rings (SSSR count). The molecule has 1 aliphatic heterocycles. The van der Waals surface area contributed by atoms with Crippen molar-refractivity contribution in [3.8, 4) is 0 Å². The summed E-state index contributed by atoms with van der Waals surface area (Å²) in [5.41, 5.74) is 0.631. The van der Waals surface area contributed by atoms with E-state index in [9.17, 15) is 0 Å². The lowest BCUT2D eigenvalue weighted by atomic mass is 10.2. The summed E-state index contributed by atoms with van der Waals surface area (Å²) in [7, 11) is 0. The van der Waals surface area contributed by atoms with Gasteiger partial charge in [0.1, 0.15) is 5.82 Å². The zero-order chi connectivity index (χ0) is 10.7. The molecular weight excluding hydrogens is 190 g/mol. The highest BCUT2D eigenvalue weighted by Gasteiger charge is 2.23. The van der Waals surface area contributed by atoms with Gasteiger partial charge in [-0.2, -0.15) is 0 Å². The molecule has 1 atom stereocenters. The van der Waals surface area contributed by atoms with Gasteiger partial charge < -0.3 is 10.0 Å². The van der Waals surface area contributed by atoms with Crippen molar-refractivity contribution in [1.82, 2.24) is 9.97 Å². The highest BCUT2D eigenvalue weighted by Crippen LogP contribution is 2.24. The molecule has 2 heterocycles. The van der Waals surface area contributed by atoms with Gasteiger partial charge in [-0.3, -0.25) is 4.98 Å². The summed E-state index contributed by atoms with van der Waals surface area (Å²) in [6, 6.07) is 0.610. The van der Waals surface area contributed by atoms with Crippen molar-refractivity contribution >= 4 is 5.82 Å². The Bertz CT molecular complexity index is 312. The van der Waals surface area contributed by atoms with Crippen LogP contribution in [0.15, 0.2) is 12.4 Å². The Morgan fingerprint density at radius 2 is 2.33 bits per heavy atom. The Kier molecular flexibility index (Phi) is 3.16. The van der Waals surface area contributed by atoms with Gasteiger partial charge >= 0.3 is 0 Å². The molecule has 1 fully saturated rings. The number of aromatic nitrogens is 2. The maximum absolute atomic E-state index is 8.88. The Balaban J connectivity index is 2.14. The molecule has 0 amide bonds. The molecule has 1 N–H and O–H groups in total. The number of aliphatic hydroxyl groups excluding tert-OH is 1. The number of hydrogen-bond donors (Lipinski definition) is 1. The first-order valence-corrected chi connectivity index (χ1v) is 5.53. The molecule has 4 heteroatoms. The van der Waals surface area contributed by atoms with Crippen LogP contribution in [0.3, 0.4) is 0 Å². The van der Waals surface area contributed by atoms with Crippen molar-refractivity contribution < 1.29 is 5.11 Å².